The van der Waals surface area contributed by atoms with E-state index in [0.29, 0.717) is 25.1 Å². The number of hydrogen-bond acceptors (Lipinski definition) is 4. The van der Waals surface area contributed by atoms with Crippen molar-refractivity contribution in [1.29, 1.82) is 0 Å². The van der Waals surface area contributed by atoms with Gasteiger partial charge in [-0.2, -0.15) is 0 Å². The van der Waals surface area contributed by atoms with Crippen LogP contribution >= 0.6 is 66.4 Å². The van der Waals surface area contributed by atoms with E-state index < -0.39 is 0 Å². The van der Waals surface area contributed by atoms with Gasteiger partial charge in [-0.15, -0.1) is 0 Å². The van der Waals surface area contributed by atoms with Gasteiger partial charge in [-0.1, -0.05) is 95.2 Å². The number of rotatable bonds is 5. The average Bonchev–Trinajstić information content (AvgIpc) is 3.31. The fourth-order valence-corrected chi connectivity index (χ4v) is 8.61. The Morgan fingerprint density at radius 2 is 1.70 bits per heavy atom. The standard InChI is InChI=1S/C34H22Br2Cl2N2O2S/c35-26-14-19(15-27(36)32(26)42-18-22-10-12-23(37)17-28(22)38)16-29-33(41)40-31(21-7-2-1-3-8-21)25-13-11-20-6-4-5-9-24(20)30(25)39-34(40)43-29/h1-10,12,14-17,31H,11,13,18H2/b29-16-/t31-/m0/s1. The van der Waals surface area contributed by atoms with E-state index in [1.165, 1.54) is 22.5 Å². The first kappa shape index (κ1) is 28.8. The molecule has 0 saturated heterocycles. The predicted molar refractivity (Wildman–Crippen MR) is 182 cm³/mol. The van der Waals surface area contributed by atoms with Crippen molar-refractivity contribution >= 4 is 78.2 Å². The van der Waals surface area contributed by atoms with Gasteiger partial charge in [0.15, 0.2) is 4.80 Å². The first-order chi connectivity index (χ1) is 20.9. The van der Waals surface area contributed by atoms with E-state index in [9.17, 15) is 4.79 Å². The Bertz CT molecular complexity index is 2100. The third-order valence-corrected chi connectivity index (χ3v) is 10.4. The quantitative estimate of drug-likeness (QED) is 0.180. The minimum absolute atomic E-state index is 0.0482. The van der Waals surface area contributed by atoms with Gasteiger partial charge in [0, 0.05) is 21.2 Å². The van der Waals surface area contributed by atoms with E-state index in [1.54, 1.807) is 12.1 Å². The van der Waals surface area contributed by atoms with Crippen molar-refractivity contribution in [3.8, 4) is 5.75 Å². The van der Waals surface area contributed by atoms with Crippen LogP contribution in [0.15, 0.2) is 109 Å². The number of allylic oxidation sites excluding steroid dienone is 1. The number of thiazole rings is 1. The van der Waals surface area contributed by atoms with Crippen LogP contribution in [0.25, 0.3) is 11.8 Å². The highest BCUT2D eigenvalue weighted by Gasteiger charge is 2.32. The Balaban J connectivity index is 1.30. The zero-order chi connectivity index (χ0) is 29.7. The summed E-state index contributed by atoms with van der Waals surface area (Å²) in [4.78, 5) is 19.9. The third-order valence-electron chi connectivity index (χ3n) is 7.69. The molecule has 214 valence electrons. The summed E-state index contributed by atoms with van der Waals surface area (Å²) in [7, 11) is 0. The minimum Gasteiger partial charge on any atom is -0.486 e. The molecular weight excluding hydrogens is 731 g/mol. The van der Waals surface area contributed by atoms with E-state index in [4.69, 9.17) is 32.9 Å². The zero-order valence-corrected chi connectivity index (χ0v) is 28.0. The summed E-state index contributed by atoms with van der Waals surface area (Å²) in [5, 5.41) is 1.12. The highest BCUT2D eigenvalue weighted by atomic mass is 79.9. The van der Waals surface area contributed by atoms with Crippen molar-refractivity contribution in [2.45, 2.75) is 25.5 Å². The van der Waals surface area contributed by atoms with Crippen molar-refractivity contribution in [3.05, 3.63) is 157 Å². The molecule has 0 saturated carbocycles. The number of fused-ring (bicyclic) bond motifs is 3. The smallest absolute Gasteiger partial charge is 0.271 e. The van der Waals surface area contributed by atoms with Gasteiger partial charge in [0.1, 0.15) is 12.4 Å². The molecule has 1 aliphatic carbocycles. The Morgan fingerprint density at radius 3 is 2.47 bits per heavy atom. The fraction of sp³-hybridized carbons (Fsp3) is 0.118. The molecule has 0 unspecified atom stereocenters. The topological polar surface area (TPSA) is 43.6 Å². The summed E-state index contributed by atoms with van der Waals surface area (Å²) in [6.07, 6.45) is 3.71. The van der Waals surface area contributed by atoms with Crippen molar-refractivity contribution in [2.75, 3.05) is 0 Å². The van der Waals surface area contributed by atoms with Crippen LogP contribution in [0.2, 0.25) is 10.0 Å². The van der Waals surface area contributed by atoms with Gasteiger partial charge in [0.05, 0.1) is 25.2 Å². The van der Waals surface area contributed by atoms with Crippen molar-refractivity contribution in [3.63, 3.8) is 0 Å². The minimum atomic E-state index is -0.197. The van der Waals surface area contributed by atoms with Gasteiger partial charge in [-0.3, -0.25) is 9.36 Å². The van der Waals surface area contributed by atoms with E-state index in [1.807, 2.05) is 47.0 Å². The Hall–Kier alpha value is -2.94. The van der Waals surface area contributed by atoms with Gasteiger partial charge in [0.2, 0.25) is 0 Å². The third kappa shape index (κ3) is 5.47. The van der Waals surface area contributed by atoms with E-state index in [0.717, 1.165) is 49.7 Å². The molecule has 0 bridgehead atoms. The molecule has 5 aromatic rings. The molecule has 9 heteroatoms. The molecule has 0 N–H and O–H groups in total. The molecule has 0 fully saturated rings. The van der Waals surface area contributed by atoms with Gasteiger partial charge in [-0.25, -0.2) is 4.99 Å². The molecule has 2 heterocycles. The maximum atomic E-state index is 14.1. The van der Waals surface area contributed by atoms with Crippen LogP contribution in [0.3, 0.4) is 0 Å². The van der Waals surface area contributed by atoms with Gasteiger partial charge in [-0.05, 0) is 97.3 Å². The maximum Gasteiger partial charge on any atom is 0.271 e. The first-order valence-corrected chi connectivity index (χ1v) is 16.8. The molecule has 0 spiro atoms. The average molecular weight is 753 g/mol. The predicted octanol–water partition coefficient (Wildman–Crippen LogP) is 8.73. The van der Waals surface area contributed by atoms with Crippen LogP contribution in [-0.2, 0) is 13.0 Å². The molecule has 4 nitrogen and oxygen atoms in total. The highest BCUT2D eigenvalue weighted by Crippen LogP contribution is 2.41. The lowest BCUT2D eigenvalue weighted by atomic mass is 9.83. The summed E-state index contributed by atoms with van der Waals surface area (Å²) in [5.74, 6) is 0.639. The SMILES string of the molecule is O=c1/c(=C/c2cc(Br)c(OCc3ccc(Cl)cc3Cl)c(Br)c2)sc2n1[C@@H](c1ccccc1)C1=C(N=2)c2ccccc2CC1. The molecule has 0 radical (unpaired) electrons. The van der Waals surface area contributed by atoms with Crippen LogP contribution in [0, 0.1) is 0 Å². The molecule has 1 atom stereocenters. The fourth-order valence-electron chi connectivity index (χ4n) is 5.70. The van der Waals surface area contributed by atoms with Crippen molar-refractivity contribution in [1.82, 2.24) is 4.57 Å². The summed E-state index contributed by atoms with van der Waals surface area (Å²) in [6.45, 7) is 0.276. The van der Waals surface area contributed by atoms with Crippen LogP contribution in [-0.4, -0.2) is 4.57 Å². The Kier molecular flexibility index (Phi) is 7.95. The molecule has 2 aliphatic rings. The number of benzene rings is 4. The molecule has 0 amide bonds. The second kappa shape index (κ2) is 11.9. The molecular formula is C34H22Br2Cl2N2O2S. The lowest BCUT2D eigenvalue weighted by Gasteiger charge is -2.30. The Morgan fingerprint density at radius 1 is 0.953 bits per heavy atom. The number of halogens is 4. The second-order valence-corrected chi connectivity index (χ2v) is 13.9. The summed E-state index contributed by atoms with van der Waals surface area (Å²) < 4.78 is 10.1. The second-order valence-electron chi connectivity index (χ2n) is 10.4. The number of aromatic nitrogens is 1. The van der Waals surface area contributed by atoms with Crippen LogP contribution in [0.4, 0.5) is 0 Å². The van der Waals surface area contributed by atoms with Gasteiger partial charge >= 0.3 is 0 Å². The lowest BCUT2D eigenvalue weighted by Crippen LogP contribution is -2.38. The molecule has 7 rings (SSSR count). The highest BCUT2D eigenvalue weighted by molar-refractivity contribution is 9.11. The largest absolute Gasteiger partial charge is 0.486 e. The zero-order valence-electron chi connectivity index (χ0n) is 22.5. The van der Waals surface area contributed by atoms with E-state index in [-0.39, 0.29) is 18.2 Å². The normalized spacial score (nSPS) is 15.9. The molecule has 1 aliphatic heterocycles. The number of ether oxygens (including phenoxy) is 1. The van der Waals surface area contributed by atoms with Gasteiger partial charge < -0.3 is 4.74 Å². The van der Waals surface area contributed by atoms with E-state index >= 15 is 0 Å². The lowest BCUT2D eigenvalue weighted by molar-refractivity contribution is 0.302. The van der Waals surface area contributed by atoms with Crippen molar-refractivity contribution in [2.24, 2.45) is 4.99 Å². The number of aryl methyl sites for hydroxylation is 1. The summed E-state index contributed by atoms with van der Waals surface area (Å²) in [6, 6.07) is 27.7. The summed E-state index contributed by atoms with van der Waals surface area (Å²) in [5.41, 5.74) is 7.36. The van der Waals surface area contributed by atoms with Crippen LogP contribution in [0.5, 0.6) is 5.75 Å². The Labute approximate surface area is 278 Å². The van der Waals surface area contributed by atoms with E-state index in [2.05, 4.69) is 68.3 Å². The van der Waals surface area contributed by atoms with Crippen LogP contribution < -0.4 is 19.6 Å². The number of nitrogens with zero attached hydrogens (tertiary/aromatic N) is 2. The first-order valence-electron chi connectivity index (χ1n) is 13.6. The molecule has 43 heavy (non-hydrogen) atoms. The summed E-state index contributed by atoms with van der Waals surface area (Å²) >= 11 is 21.1. The monoisotopic (exact) mass is 750 g/mol. The van der Waals surface area contributed by atoms with Gasteiger partial charge in [0.25, 0.3) is 5.56 Å². The molecule has 4 aromatic carbocycles. The van der Waals surface area contributed by atoms with Crippen molar-refractivity contribution < 1.29 is 4.74 Å². The maximum absolute atomic E-state index is 14.1. The van der Waals surface area contributed by atoms with Crippen LogP contribution in [0.1, 0.15) is 40.3 Å². The number of hydrogen-bond donors (Lipinski definition) is 0. The molecule has 1 aromatic heterocycles.